The fourth-order valence-corrected chi connectivity index (χ4v) is 1.98. The first-order valence-electron chi connectivity index (χ1n) is 6.06. The summed E-state index contributed by atoms with van der Waals surface area (Å²) in [6.45, 7) is 2.86. The van der Waals surface area contributed by atoms with E-state index in [4.69, 9.17) is 0 Å². The zero-order valence-corrected chi connectivity index (χ0v) is 10.4. The van der Waals surface area contributed by atoms with Gasteiger partial charge in [0.25, 0.3) is 5.91 Å². The molecule has 0 bridgehead atoms. The Labute approximate surface area is 101 Å². The number of nitrogens with zero attached hydrogens (tertiary/aromatic N) is 1. The summed E-state index contributed by atoms with van der Waals surface area (Å²) in [5.41, 5.74) is 1.82. The number of hydrogen-bond donors (Lipinski definition) is 1. The molecule has 1 N–H and O–H groups in total. The molecule has 90 valence electrons. The number of carbonyl (C=O) groups excluding carboxylic acids is 1. The van der Waals surface area contributed by atoms with Crippen LogP contribution in [0.3, 0.4) is 0 Å². The van der Waals surface area contributed by atoms with E-state index >= 15 is 0 Å². The van der Waals surface area contributed by atoms with Crippen molar-refractivity contribution in [3.8, 4) is 0 Å². The molecule has 0 atom stereocenters. The van der Waals surface area contributed by atoms with E-state index in [0.29, 0.717) is 0 Å². The van der Waals surface area contributed by atoms with Crippen LogP contribution in [-0.2, 0) is 7.05 Å². The average molecular weight is 230 g/mol. The minimum atomic E-state index is 0.0113. The molecule has 2 rings (SSSR count). The summed E-state index contributed by atoms with van der Waals surface area (Å²) in [5, 5.41) is 4.05. The van der Waals surface area contributed by atoms with Gasteiger partial charge in [0.05, 0.1) is 0 Å². The van der Waals surface area contributed by atoms with Gasteiger partial charge in [-0.25, -0.2) is 0 Å². The predicted molar refractivity (Wildman–Crippen MR) is 70.2 cm³/mol. The van der Waals surface area contributed by atoms with E-state index in [-0.39, 0.29) is 5.91 Å². The van der Waals surface area contributed by atoms with Gasteiger partial charge in [0.1, 0.15) is 5.69 Å². The lowest BCUT2D eigenvalue weighted by molar-refractivity contribution is 0.0945. The summed E-state index contributed by atoms with van der Waals surface area (Å²) >= 11 is 0. The number of fused-ring (bicyclic) bond motifs is 1. The summed E-state index contributed by atoms with van der Waals surface area (Å²) in [5.74, 6) is 0.0113. The Bertz CT molecular complexity index is 528. The Morgan fingerprint density at radius 3 is 2.82 bits per heavy atom. The third-order valence-electron chi connectivity index (χ3n) is 3.00. The van der Waals surface area contributed by atoms with Gasteiger partial charge < -0.3 is 9.88 Å². The molecule has 0 fully saturated rings. The van der Waals surface area contributed by atoms with Crippen LogP contribution in [0.2, 0.25) is 0 Å². The zero-order chi connectivity index (χ0) is 12.3. The zero-order valence-electron chi connectivity index (χ0n) is 10.4. The average Bonchev–Trinajstić information content (AvgIpc) is 2.68. The van der Waals surface area contributed by atoms with Gasteiger partial charge in [0, 0.05) is 24.5 Å². The van der Waals surface area contributed by atoms with Gasteiger partial charge in [-0.3, -0.25) is 4.79 Å². The van der Waals surface area contributed by atoms with Gasteiger partial charge in [0.2, 0.25) is 0 Å². The highest BCUT2D eigenvalue weighted by Gasteiger charge is 2.11. The predicted octanol–water partition coefficient (Wildman–Crippen LogP) is 2.71. The van der Waals surface area contributed by atoms with Gasteiger partial charge >= 0.3 is 0 Å². The number of amides is 1. The van der Waals surface area contributed by atoms with E-state index in [2.05, 4.69) is 12.2 Å². The second-order valence-corrected chi connectivity index (χ2v) is 4.26. The standard InChI is InChI=1S/C14H18N2O/c1-3-4-9-15-14(17)13-10-11-7-5-6-8-12(11)16(13)2/h5-8,10H,3-4,9H2,1-2H3,(H,15,17). The highest BCUT2D eigenvalue weighted by atomic mass is 16.1. The molecule has 1 aromatic carbocycles. The maximum atomic E-state index is 12.0. The third-order valence-corrected chi connectivity index (χ3v) is 3.00. The summed E-state index contributed by atoms with van der Waals surface area (Å²) in [6.07, 6.45) is 2.12. The first-order chi connectivity index (χ1) is 8.24. The fraction of sp³-hybridized carbons (Fsp3) is 0.357. The number of aromatic nitrogens is 1. The summed E-state index contributed by atoms with van der Waals surface area (Å²) in [4.78, 5) is 12.0. The van der Waals surface area contributed by atoms with E-state index in [1.165, 1.54) is 0 Å². The highest BCUT2D eigenvalue weighted by molar-refractivity contribution is 5.98. The maximum absolute atomic E-state index is 12.0. The molecule has 1 aromatic heterocycles. The van der Waals surface area contributed by atoms with Crippen molar-refractivity contribution < 1.29 is 4.79 Å². The molecule has 0 saturated carbocycles. The lowest BCUT2D eigenvalue weighted by Crippen LogP contribution is -2.26. The number of para-hydroxylation sites is 1. The van der Waals surface area contributed by atoms with E-state index in [9.17, 15) is 4.79 Å². The van der Waals surface area contributed by atoms with Gasteiger partial charge in [-0.05, 0) is 18.6 Å². The van der Waals surface area contributed by atoms with E-state index in [0.717, 1.165) is 36.0 Å². The van der Waals surface area contributed by atoms with Crippen molar-refractivity contribution in [2.75, 3.05) is 6.54 Å². The topological polar surface area (TPSA) is 34.0 Å². The maximum Gasteiger partial charge on any atom is 0.267 e. The molecule has 3 nitrogen and oxygen atoms in total. The molecule has 0 unspecified atom stereocenters. The molecule has 0 spiro atoms. The van der Waals surface area contributed by atoms with Crippen LogP contribution in [0.5, 0.6) is 0 Å². The largest absolute Gasteiger partial charge is 0.351 e. The molecule has 0 aliphatic rings. The van der Waals surface area contributed by atoms with Crippen LogP contribution >= 0.6 is 0 Å². The van der Waals surface area contributed by atoms with Gasteiger partial charge in [-0.15, -0.1) is 0 Å². The van der Waals surface area contributed by atoms with E-state index < -0.39 is 0 Å². The molecule has 0 saturated heterocycles. The lowest BCUT2D eigenvalue weighted by Gasteiger charge is -2.05. The number of hydrogen-bond acceptors (Lipinski definition) is 1. The first kappa shape index (κ1) is 11.7. The van der Waals surface area contributed by atoms with Crippen LogP contribution < -0.4 is 5.32 Å². The van der Waals surface area contributed by atoms with Crippen molar-refractivity contribution in [3.05, 3.63) is 36.0 Å². The number of benzene rings is 1. The molecule has 1 amide bonds. The number of rotatable bonds is 4. The Hall–Kier alpha value is -1.77. The summed E-state index contributed by atoms with van der Waals surface area (Å²) in [7, 11) is 1.93. The Balaban J connectivity index is 2.23. The monoisotopic (exact) mass is 230 g/mol. The molecular formula is C14H18N2O. The van der Waals surface area contributed by atoms with Crippen LogP contribution in [0.4, 0.5) is 0 Å². The van der Waals surface area contributed by atoms with Gasteiger partial charge in [-0.1, -0.05) is 31.5 Å². The van der Waals surface area contributed by atoms with E-state index in [1.807, 2.05) is 41.9 Å². The molecule has 2 aromatic rings. The summed E-state index contributed by atoms with van der Waals surface area (Å²) in [6, 6.07) is 9.97. The van der Waals surface area contributed by atoms with Crippen LogP contribution in [-0.4, -0.2) is 17.0 Å². The molecule has 1 heterocycles. The van der Waals surface area contributed by atoms with Crippen molar-refractivity contribution in [1.29, 1.82) is 0 Å². The molecule has 3 heteroatoms. The number of unbranched alkanes of at least 4 members (excludes halogenated alkanes) is 1. The minimum Gasteiger partial charge on any atom is -0.351 e. The third kappa shape index (κ3) is 2.33. The van der Waals surface area contributed by atoms with Gasteiger partial charge in [-0.2, -0.15) is 0 Å². The van der Waals surface area contributed by atoms with Gasteiger partial charge in [0.15, 0.2) is 0 Å². The normalized spacial score (nSPS) is 10.7. The van der Waals surface area contributed by atoms with Crippen LogP contribution in [0.1, 0.15) is 30.3 Å². The number of aryl methyl sites for hydroxylation is 1. The number of nitrogens with one attached hydrogen (secondary N) is 1. The van der Waals surface area contributed by atoms with E-state index in [1.54, 1.807) is 0 Å². The molecule has 17 heavy (non-hydrogen) atoms. The minimum absolute atomic E-state index is 0.0113. The van der Waals surface area contributed by atoms with Crippen molar-refractivity contribution in [2.24, 2.45) is 7.05 Å². The van der Waals surface area contributed by atoms with Crippen LogP contribution in [0.25, 0.3) is 10.9 Å². The van der Waals surface area contributed by atoms with Crippen molar-refractivity contribution >= 4 is 16.8 Å². The van der Waals surface area contributed by atoms with Crippen molar-refractivity contribution in [1.82, 2.24) is 9.88 Å². The van der Waals surface area contributed by atoms with Crippen molar-refractivity contribution in [2.45, 2.75) is 19.8 Å². The molecule has 0 aliphatic heterocycles. The second kappa shape index (κ2) is 5.04. The van der Waals surface area contributed by atoms with Crippen LogP contribution in [0.15, 0.2) is 30.3 Å². The first-order valence-corrected chi connectivity index (χ1v) is 6.06. The Morgan fingerprint density at radius 2 is 2.12 bits per heavy atom. The van der Waals surface area contributed by atoms with Crippen molar-refractivity contribution in [3.63, 3.8) is 0 Å². The SMILES string of the molecule is CCCCNC(=O)c1cc2ccccc2n1C. The number of carbonyl (C=O) groups is 1. The summed E-state index contributed by atoms with van der Waals surface area (Å²) < 4.78 is 1.94. The molecular weight excluding hydrogens is 212 g/mol. The Kier molecular flexibility index (Phi) is 3.47. The highest BCUT2D eigenvalue weighted by Crippen LogP contribution is 2.17. The molecule has 0 aliphatic carbocycles. The molecule has 0 radical (unpaired) electrons. The fourth-order valence-electron chi connectivity index (χ4n) is 1.98. The Morgan fingerprint density at radius 1 is 1.35 bits per heavy atom. The lowest BCUT2D eigenvalue weighted by atomic mass is 10.2. The smallest absolute Gasteiger partial charge is 0.267 e. The van der Waals surface area contributed by atoms with Crippen LogP contribution in [0, 0.1) is 0 Å². The quantitative estimate of drug-likeness (QED) is 0.805. The second-order valence-electron chi connectivity index (χ2n) is 4.26.